The number of halogens is 1. The molecule has 7 heteroatoms. The molecule has 5 nitrogen and oxygen atoms in total. The molecule has 0 aliphatic rings. The summed E-state index contributed by atoms with van der Waals surface area (Å²) in [6.45, 7) is 0.191. The summed E-state index contributed by atoms with van der Waals surface area (Å²) >= 11 is 1.43. The number of carbonyl (C=O) groups excluding carboxylic acids is 1. The minimum Gasteiger partial charge on any atom is -0.545 e. The molecule has 0 saturated heterocycles. The van der Waals surface area contributed by atoms with Crippen molar-refractivity contribution in [2.75, 3.05) is 7.11 Å². The molecule has 0 spiro atoms. The molecule has 2 aromatic carbocycles. The molecule has 138 valence electrons. The van der Waals surface area contributed by atoms with Gasteiger partial charge in [-0.1, -0.05) is 12.1 Å². The maximum Gasteiger partial charge on any atom is 0.131 e. The van der Waals surface area contributed by atoms with E-state index in [0.29, 0.717) is 17.0 Å². The molecule has 0 N–H and O–H groups in total. The first-order valence-corrected chi connectivity index (χ1v) is 8.84. The van der Waals surface area contributed by atoms with Crippen molar-refractivity contribution >= 4 is 23.1 Å². The zero-order valence-electron chi connectivity index (χ0n) is 14.3. The van der Waals surface area contributed by atoms with Gasteiger partial charge in [0.1, 0.15) is 28.9 Å². The van der Waals surface area contributed by atoms with Crippen LogP contribution >= 0.6 is 11.3 Å². The summed E-state index contributed by atoms with van der Waals surface area (Å²) in [6.07, 6.45) is 0.873. The smallest absolute Gasteiger partial charge is 0.131 e. The number of para-hydroxylation sites is 1. The van der Waals surface area contributed by atoms with E-state index in [1.54, 1.807) is 36.4 Å². The lowest BCUT2D eigenvalue weighted by molar-refractivity contribution is -0.297. The highest BCUT2D eigenvalue weighted by Gasteiger charge is 2.11. The number of aliphatic carboxylic acids is 1. The Balaban J connectivity index is 1.76. The first kappa shape index (κ1) is 18.6. The van der Waals surface area contributed by atoms with Crippen molar-refractivity contribution in [3.05, 3.63) is 77.1 Å². The Labute approximate surface area is 159 Å². The van der Waals surface area contributed by atoms with Gasteiger partial charge < -0.3 is 19.4 Å². The average molecular weight is 384 g/mol. The lowest BCUT2D eigenvalue weighted by atomic mass is 10.1. The van der Waals surface area contributed by atoms with Gasteiger partial charge >= 0.3 is 0 Å². The van der Waals surface area contributed by atoms with Crippen LogP contribution in [0.2, 0.25) is 0 Å². The first-order chi connectivity index (χ1) is 13.1. The van der Waals surface area contributed by atoms with Gasteiger partial charge in [-0.15, -0.1) is 11.3 Å². The van der Waals surface area contributed by atoms with E-state index in [0.717, 1.165) is 16.6 Å². The van der Waals surface area contributed by atoms with E-state index in [1.165, 1.54) is 30.6 Å². The van der Waals surface area contributed by atoms with Crippen LogP contribution in [0.4, 0.5) is 4.39 Å². The van der Waals surface area contributed by atoms with Crippen molar-refractivity contribution < 1.29 is 23.8 Å². The van der Waals surface area contributed by atoms with Crippen LogP contribution in [0.25, 0.3) is 16.3 Å². The van der Waals surface area contributed by atoms with Gasteiger partial charge in [0.05, 0.1) is 24.3 Å². The Kier molecular flexibility index (Phi) is 5.83. The summed E-state index contributed by atoms with van der Waals surface area (Å²) in [5, 5.41) is 13.5. The highest BCUT2D eigenvalue weighted by molar-refractivity contribution is 7.13. The number of methoxy groups -OCH3 is 1. The number of aromatic nitrogens is 1. The molecule has 0 aliphatic carbocycles. The quantitative estimate of drug-likeness (QED) is 0.462. The summed E-state index contributed by atoms with van der Waals surface area (Å²) in [4.78, 5) is 15.3. The zero-order chi connectivity index (χ0) is 19.2. The molecule has 0 unspecified atom stereocenters. The van der Waals surface area contributed by atoms with E-state index in [-0.39, 0.29) is 18.2 Å². The van der Waals surface area contributed by atoms with Crippen molar-refractivity contribution in [1.29, 1.82) is 0 Å². The highest BCUT2D eigenvalue weighted by Crippen LogP contribution is 2.28. The molecule has 1 aromatic heterocycles. The second-order valence-corrected chi connectivity index (χ2v) is 6.33. The number of thiazole rings is 1. The van der Waals surface area contributed by atoms with Crippen LogP contribution in [0.1, 0.15) is 11.3 Å². The third-order valence-corrected chi connectivity index (χ3v) is 4.58. The van der Waals surface area contributed by atoms with Crippen molar-refractivity contribution in [2.45, 2.75) is 6.61 Å². The Morgan fingerprint density at radius 1 is 1.22 bits per heavy atom. The monoisotopic (exact) mass is 384 g/mol. The molecule has 0 fully saturated rings. The molecular formula is C20H15FNO4S-. The maximum absolute atomic E-state index is 13.0. The number of hydrogen-bond donors (Lipinski definition) is 0. The van der Waals surface area contributed by atoms with E-state index in [4.69, 9.17) is 9.47 Å². The average Bonchev–Trinajstić information content (AvgIpc) is 3.14. The third-order valence-electron chi connectivity index (χ3n) is 3.64. The molecular weight excluding hydrogens is 369 g/mol. The molecule has 0 radical (unpaired) electrons. The number of rotatable bonds is 7. The maximum atomic E-state index is 13.0. The van der Waals surface area contributed by atoms with Gasteiger partial charge in [0, 0.05) is 17.0 Å². The van der Waals surface area contributed by atoms with Crippen molar-refractivity contribution in [2.24, 2.45) is 0 Å². The predicted molar refractivity (Wildman–Crippen MR) is 98.3 cm³/mol. The fourth-order valence-electron chi connectivity index (χ4n) is 2.40. The molecule has 1 heterocycles. The van der Waals surface area contributed by atoms with Gasteiger partial charge in [-0.05, 0) is 36.4 Å². The molecule has 0 amide bonds. The van der Waals surface area contributed by atoms with Gasteiger partial charge in [-0.2, -0.15) is 0 Å². The predicted octanol–water partition coefficient (Wildman–Crippen LogP) is 3.27. The zero-order valence-corrected chi connectivity index (χ0v) is 15.2. The number of carboxylic acid groups (broad SMARTS) is 1. The van der Waals surface area contributed by atoms with E-state index >= 15 is 0 Å². The van der Waals surface area contributed by atoms with Crippen LogP contribution in [0.3, 0.4) is 0 Å². The number of hydrogen-bond acceptors (Lipinski definition) is 6. The standard InChI is InChI=1S/C20H16FNO4S/c1-25-18(10-19(23)24)16-4-2-3-5-17(16)26-11-15-12-27-20(22-15)13-6-8-14(21)9-7-13/h2-10,12H,11H2,1H3,(H,23,24)/p-1/b18-10+. The van der Waals surface area contributed by atoms with Crippen molar-refractivity contribution in [1.82, 2.24) is 4.98 Å². The lowest BCUT2D eigenvalue weighted by Crippen LogP contribution is -2.19. The second kappa shape index (κ2) is 8.46. The molecule has 0 bridgehead atoms. The fraction of sp³-hybridized carbons (Fsp3) is 0.100. The van der Waals surface area contributed by atoms with Crippen LogP contribution < -0.4 is 9.84 Å². The second-order valence-electron chi connectivity index (χ2n) is 5.47. The number of ether oxygens (including phenoxy) is 2. The van der Waals surface area contributed by atoms with Gasteiger partial charge in [-0.3, -0.25) is 0 Å². The minimum absolute atomic E-state index is 0.135. The van der Waals surface area contributed by atoms with E-state index in [2.05, 4.69) is 4.98 Å². The topological polar surface area (TPSA) is 71.5 Å². The first-order valence-electron chi connectivity index (χ1n) is 7.96. The molecule has 0 atom stereocenters. The molecule has 0 saturated carbocycles. The summed E-state index contributed by atoms with van der Waals surface area (Å²) in [6, 6.07) is 13.0. The van der Waals surface area contributed by atoms with Crippen LogP contribution in [0.15, 0.2) is 60.0 Å². The third kappa shape index (κ3) is 4.71. The summed E-state index contributed by atoms with van der Waals surface area (Å²) < 4.78 is 24.0. The number of nitrogens with zero attached hydrogens (tertiary/aromatic N) is 1. The Morgan fingerprint density at radius 2 is 1.96 bits per heavy atom. The number of carbonyl (C=O) groups is 1. The van der Waals surface area contributed by atoms with Gasteiger partial charge in [-0.25, -0.2) is 9.37 Å². The molecule has 3 aromatic rings. The van der Waals surface area contributed by atoms with Gasteiger partial charge in [0.2, 0.25) is 0 Å². The summed E-state index contributed by atoms with van der Waals surface area (Å²) in [5.74, 6) is -1.06. The van der Waals surface area contributed by atoms with Crippen LogP contribution in [-0.4, -0.2) is 18.1 Å². The van der Waals surface area contributed by atoms with Gasteiger partial charge in [0.25, 0.3) is 0 Å². The molecule has 27 heavy (non-hydrogen) atoms. The number of carboxylic acids is 1. The summed E-state index contributed by atoms with van der Waals surface area (Å²) in [7, 11) is 1.38. The van der Waals surface area contributed by atoms with Crippen molar-refractivity contribution in [3.8, 4) is 16.3 Å². The minimum atomic E-state index is -1.36. The normalized spacial score (nSPS) is 11.3. The Bertz CT molecular complexity index is 966. The van der Waals surface area contributed by atoms with E-state index in [1.807, 2.05) is 5.38 Å². The van der Waals surface area contributed by atoms with Crippen molar-refractivity contribution in [3.63, 3.8) is 0 Å². The molecule has 3 rings (SSSR count). The fourth-order valence-corrected chi connectivity index (χ4v) is 3.21. The summed E-state index contributed by atoms with van der Waals surface area (Å²) in [5.41, 5.74) is 2.03. The largest absolute Gasteiger partial charge is 0.545 e. The van der Waals surface area contributed by atoms with E-state index < -0.39 is 5.97 Å². The Morgan fingerprint density at radius 3 is 2.67 bits per heavy atom. The van der Waals surface area contributed by atoms with Crippen LogP contribution in [-0.2, 0) is 16.1 Å². The Hall–Kier alpha value is -3.19. The van der Waals surface area contributed by atoms with Gasteiger partial charge in [0.15, 0.2) is 0 Å². The van der Waals surface area contributed by atoms with Crippen LogP contribution in [0, 0.1) is 5.82 Å². The van der Waals surface area contributed by atoms with E-state index in [9.17, 15) is 14.3 Å². The van der Waals surface area contributed by atoms with Crippen LogP contribution in [0.5, 0.6) is 5.75 Å². The lowest BCUT2D eigenvalue weighted by Gasteiger charge is -2.13. The number of benzene rings is 2. The SMILES string of the molecule is CO/C(=C/C(=O)[O-])c1ccccc1OCc1csc(-c2ccc(F)cc2)n1. The highest BCUT2D eigenvalue weighted by atomic mass is 32.1. The molecule has 0 aliphatic heterocycles.